The molecule has 0 spiro atoms. The zero-order valence-corrected chi connectivity index (χ0v) is 10.4. The van der Waals surface area contributed by atoms with Crippen LogP contribution in [0.25, 0.3) is 33.0 Å². The molecule has 0 radical (unpaired) electrons. The molecule has 3 aromatic carbocycles. The van der Waals surface area contributed by atoms with Gasteiger partial charge in [0.05, 0.1) is 0 Å². The fourth-order valence-corrected chi connectivity index (χ4v) is 2.95. The molecule has 3 N–H and O–H groups in total. The van der Waals surface area contributed by atoms with E-state index in [1.165, 1.54) is 38.6 Å². The first-order valence-corrected chi connectivity index (χ1v) is 5.98. The third-order valence-electron chi connectivity index (χ3n) is 3.77. The number of hydrogen-bond acceptors (Lipinski definition) is 1. The molecule has 0 heterocycles. The minimum absolute atomic E-state index is 0. The third-order valence-corrected chi connectivity index (χ3v) is 3.77. The van der Waals surface area contributed by atoms with Crippen LogP contribution in [0.1, 0.15) is 5.56 Å². The maximum atomic E-state index is 2.26. The van der Waals surface area contributed by atoms with Gasteiger partial charge < -0.3 is 6.15 Å². The molecule has 0 atom stereocenters. The van der Waals surface area contributed by atoms with Crippen LogP contribution in [0, 0.1) is 6.92 Å². The summed E-state index contributed by atoms with van der Waals surface area (Å²) in [6.45, 7) is 2.19. The maximum Gasteiger partial charge on any atom is -0.00237 e. The first-order chi connectivity index (χ1) is 8.36. The van der Waals surface area contributed by atoms with Gasteiger partial charge in [0.2, 0.25) is 0 Å². The lowest BCUT2D eigenvalue weighted by atomic mass is 9.99. The van der Waals surface area contributed by atoms with Crippen LogP contribution in [0.3, 0.4) is 0 Å². The Bertz CT molecular complexity index is 727. The highest BCUT2D eigenvalue weighted by Gasteiger charge is 2.20. The lowest BCUT2D eigenvalue weighted by Gasteiger charge is -2.04. The predicted molar refractivity (Wildman–Crippen MR) is 78.1 cm³/mol. The predicted octanol–water partition coefficient (Wildman–Crippen LogP) is 4.96. The molecular formula is C17H15N. The summed E-state index contributed by atoms with van der Waals surface area (Å²) in [6, 6.07) is 19.8. The van der Waals surface area contributed by atoms with E-state index in [4.69, 9.17) is 0 Å². The summed E-state index contributed by atoms with van der Waals surface area (Å²) < 4.78 is 0. The molecule has 0 bridgehead atoms. The topological polar surface area (TPSA) is 35.0 Å². The summed E-state index contributed by atoms with van der Waals surface area (Å²) in [5.74, 6) is 0. The number of rotatable bonds is 0. The van der Waals surface area contributed by atoms with Crippen molar-refractivity contribution < 1.29 is 0 Å². The van der Waals surface area contributed by atoms with Gasteiger partial charge in [-0.3, -0.25) is 0 Å². The molecule has 0 saturated carbocycles. The lowest BCUT2D eigenvalue weighted by Crippen LogP contribution is -1.79. The first kappa shape index (κ1) is 11.0. The second-order valence-corrected chi connectivity index (χ2v) is 4.70. The zero-order valence-electron chi connectivity index (χ0n) is 10.4. The van der Waals surface area contributed by atoms with Crippen LogP contribution in [0.15, 0.2) is 54.6 Å². The molecule has 3 aromatic rings. The second-order valence-electron chi connectivity index (χ2n) is 4.70. The highest BCUT2D eigenvalue weighted by atomic mass is 14.2. The van der Waals surface area contributed by atoms with Crippen LogP contribution in [0.4, 0.5) is 0 Å². The Morgan fingerprint density at radius 3 is 1.94 bits per heavy atom. The molecule has 88 valence electrons. The van der Waals surface area contributed by atoms with Crippen molar-refractivity contribution in [1.82, 2.24) is 6.15 Å². The Balaban J connectivity index is 0.000001000. The van der Waals surface area contributed by atoms with E-state index in [9.17, 15) is 0 Å². The van der Waals surface area contributed by atoms with Crippen LogP contribution in [-0.2, 0) is 0 Å². The van der Waals surface area contributed by atoms with Crippen LogP contribution in [-0.4, -0.2) is 0 Å². The van der Waals surface area contributed by atoms with E-state index in [2.05, 4.69) is 61.5 Å². The van der Waals surface area contributed by atoms with Crippen molar-refractivity contribution in [3.05, 3.63) is 60.2 Å². The van der Waals surface area contributed by atoms with Gasteiger partial charge in [-0.15, -0.1) is 0 Å². The molecule has 4 rings (SSSR count). The smallest absolute Gasteiger partial charge is 0.00237 e. The molecule has 0 aromatic heterocycles. The SMILES string of the molecule is Cc1ccc2c3c(cccc13)-c1ccccc1-2.N. The van der Waals surface area contributed by atoms with Crippen LogP contribution >= 0.6 is 0 Å². The average molecular weight is 233 g/mol. The Morgan fingerprint density at radius 2 is 1.22 bits per heavy atom. The molecule has 0 amide bonds. The van der Waals surface area contributed by atoms with Crippen LogP contribution in [0.5, 0.6) is 0 Å². The maximum absolute atomic E-state index is 2.26. The van der Waals surface area contributed by atoms with Crippen molar-refractivity contribution in [3.63, 3.8) is 0 Å². The number of hydrogen-bond donors (Lipinski definition) is 1. The summed E-state index contributed by atoms with van der Waals surface area (Å²) in [6.07, 6.45) is 0. The largest absolute Gasteiger partial charge is 0.344 e. The molecule has 0 saturated heterocycles. The normalized spacial score (nSPS) is 11.2. The summed E-state index contributed by atoms with van der Waals surface area (Å²) in [7, 11) is 0. The van der Waals surface area contributed by atoms with E-state index in [-0.39, 0.29) is 6.15 Å². The van der Waals surface area contributed by atoms with Gasteiger partial charge in [0.1, 0.15) is 0 Å². The summed E-state index contributed by atoms with van der Waals surface area (Å²) in [5.41, 5.74) is 6.88. The summed E-state index contributed by atoms with van der Waals surface area (Å²) in [5, 5.41) is 2.81. The van der Waals surface area contributed by atoms with Crippen LogP contribution < -0.4 is 6.15 Å². The van der Waals surface area contributed by atoms with E-state index in [1.54, 1.807) is 0 Å². The molecule has 0 aliphatic heterocycles. The number of aryl methyl sites for hydroxylation is 1. The molecular weight excluding hydrogens is 218 g/mol. The molecule has 18 heavy (non-hydrogen) atoms. The minimum atomic E-state index is 0. The Labute approximate surface area is 107 Å². The quantitative estimate of drug-likeness (QED) is 0.458. The Morgan fingerprint density at radius 1 is 0.611 bits per heavy atom. The van der Waals surface area contributed by atoms with Crippen molar-refractivity contribution in [3.8, 4) is 22.3 Å². The van der Waals surface area contributed by atoms with Gasteiger partial charge in [0.25, 0.3) is 0 Å². The fraction of sp³-hybridized carbons (Fsp3) is 0.0588. The van der Waals surface area contributed by atoms with Gasteiger partial charge in [-0.25, -0.2) is 0 Å². The molecule has 0 fully saturated rings. The van der Waals surface area contributed by atoms with Gasteiger partial charge >= 0.3 is 0 Å². The van der Waals surface area contributed by atoms with Gasteiger partial charge in [-0.2, -0.15) is 0 Å². The van der Waals surface area contributed by atoms with Crippen LogP contribution in [0.2, 0.25) is 0 Å². The Kier molecular flexibility index (Phi) is 2.25. The highest BCUT2D eigenvalue weighted by Crippen LogP contribution is 2.47. The monoisotopic (exact) mass is 233 g/mol. The van der Waals surface area contributed by atoms with Crippen molar-refractivity contribution in [2.24, 2.45) is 0 Å². The van der Waals surface area contributed by atoms with Gasteiger partial charge in [-0.05, 0) is 45.5 Å². The van der Waals surface area contributed by atoms with Crippen molar-refractivity contribution in [2.75, 3.05) is 0 Å². The van der Waals surface area contributed by atoms with Crippen molar-refractivity contribution >= 4 is 10.8 Å². The highest BCUT2D eigenvalue weighted by molar-refractivity contribution is 6.15. The summed E-state index contributed by atoms with van der Waals surface area (Å²) >= 11 is 0. The molecule has 1 heteroatoms. The van der Waals surface area contributed by atoms with E-state index in [1.807, 2.05) is 0 Å². The molecule has 1 nitrogen and oxygen atoms in total. The minimum Gasteiger partial charge on any atom is -0.344 e. The zero-order chi connectivity index (χ0) is 11.4. The fourth-order valence-electron chi connectivity index (χ4n) is 2.95. The molecule has 1 aliphatic rings. The van der Waals surface area contributed by atoms with E-state index in [0.717, 1.165) is 0 Å². The van der Waals surface area contributed by atoms with Gasteiger partial charge in [-0.1, -0.05) is 54.6 Å². The van der Waals surface area contributed by atoms with Gasteiger partial charge in [0.15, 0.2) is 0 Å². The molecule has 0 unspecified atom stereocenters. The molecule has 1 aliphatic carbocycles. The standard InChI is InChI=1S/C17H12.H3N/c1-11-9-10-16-14-6-3-2-5-13(14)15-8-4-7-12(11)17(15)16;/h2-10H,1H3;1H3. The van der Waals surface area contributed by atoms with E-state index in [0.29, 0.717) is 0 Å². The first-order valence-electron chi connectivity index (χ1n) is 5.98. The number of fused-ring (bicyclic) bond motifs is 3. The van der Waals surface area contributed by atoms with Gasteiger partial charge in [0, 0.05) is 0 Å². The average Bonchev–Trinajstić information content (AvgIpc) is 2.70. The lowest BCUT2D eigenvalue weighted by molar-refractivity contribution is 1.54. The van der Waals surface area contributed by atoms with Crippen molar-refractivity contribution in [2.45, 2.75) is 6.92 Å². The summed E-state index contributed by atoms with van der Waals surface area (Å²) in [4.78, 5) is 0. The third kappa shape index (κ3) is 1.20. The number of benzene rings is 3. The second kappa shape index (κ2) is 3.69. The van der Waals surface area contributed by atoms with E-state index < -0.39 is 0 Å². The van der Waals surface area contributed by atoms with Crippen molar-refractivity contribution in [1.29, 1.82) is 0 Å². The Hall–Kier alpha value is -2.12. The van der Waals surface area contributed by atoms with E-state index >= 15 is 0 Å².